The van der Waals surface area contributed by atoms with Crippen LogP contribution in [0.2, 0.25) is 0 Å². The summed E-state index contributed by atoms with van der Waals surface area (Å²) in [7, 11) is 0. The third-order valence-electron chi connectivity index (χ3n) is 6.01. The lowest BCUT2D eigenvalue weighted by atomic mass is 10.0. The van der Waals surface area contributed by atoms with Gasteiger partial charge >= 0.3 is 0 Å². The van der Waals surface area contributed by atoms with Crippen LogP contribution in [0.3, 0.4) is 0 Å². The number of amidine groups is 1. The van der Waals surface area contributed by atoms with E-state index in [4.69, 9.17) is 9.98 Å². The average molecular weight is 432 g/mol. The van der Waals surface area contributed by atoms with Crippen molar-refractivity contribution in [2.45, 2.75) is 38.8 Å². The molecule has 1 saturated heterocycles. The number of nitrogens with zero attached hydrogens (tertiary/aromatic N) is 3. The Morgan fingerprint density at radius 2 is 1.94 bits per heavy atom. The van der Waals surface area contributed by atoms with Crippen LogP contribution in [0.15, 0.2) is 59.6 Å². The highest BCUT2D eigenvalue weighted by Gasteiger charge is 2.26. The third-order valence-corrected chi connectivity index (χ3v) is 6.90. The van der Waals surface area contributed by atoms with Crippen molar-refractivity contribution in [2.24, 2.45) is 4.99 Å². The Morgan fingerprint density at radius 1 is 1.10 bits per heavy atom. The van der Waals surface area contributed by atoms with Gasteiger partial charge in [-0.05, 0) is 49.9 Å². The fourth-order valence-corrected chi connectivity index (χ4v) is 5.25. The molecule has 1 atom stereocenters. The van der Waals surface area contributed by atoms with Gasteiger partial charge < -0.3 is 15.5 Å². The minimum atomic E-state index is 0.444. The van der Waals surface area contributed by atoms with Gasteiger partial charge in [0, 0.05) is 24.8 Å². The van der Waals surface area contributed by atoms with Crippen LogP contribution >= 0.6 is 11.3 Å². The zero-order valence-electron chi connectivity index (χ0n) is 18.0. The Balaban J connectivity index is 1.40. The first-order valence-electron chi connectivity index (χ1n) is 11.2. The van der Waals surface area contributed by atoms with Gasteiger partial charge in [-0.25, -0.2) is 4.98 Å². The summed E-state index contributed by atoms with van der Waals surface area (Å²) in [5.74, 6) is 1.04. The molecular weight excluding hydrogens is 402 g/mol. The van der Waals surface area contributed by atoms with Crippen molar-refractivity contribution in [1.82, 2.24) is 15.2 Å². The molecule has 2 aliphatic rings. The SMILES string of the molecule is Cc1nc2c(s1)Nc1ccccc1CN=C2N1CCCNC(CCc2ccccc2)C1. The van der Waals surface area contributed by atoms with Crippen molar-refractivity contribution in [3.05, 3.63) is 76.4 Å². The molecule has 1 unspecified atom stereocenters. The number of fused-ring (bicyclic) bond motifs is 2. The van der Waals surface area contributed by atoms with Crippen LogP contribution in [-0.4, -0.2) is 41.4 Å². The number of anilines is 2. The highest BCUT2D eigenvalue weighted by atomic mass is 32.1. The van der Waals surface area contributed by atoms with Crippen LogP contribution in [0, 0.1) is 6.92 Å². The molecule has 0 saturated carbocycles. The highest BCUT2D eigenvalue weighted by Crippen LogP contribution is 2.33. The van der Waals surface area contributed by atoms with Crippen molar-refractivity contribution in [3.8, 4) is 0 Å². The van der Waals surface area contributed by atoms with Crippen molar-refractivity contribution < 1.29 is 0 Å². The second kappa shape index (κ2) is 9.20. The summed E-state index contributed by atoms with van der Waals surface area (Å²) in [5.41, 5.74) is 4.76. The highest BCUT2D eigenvalue weighted by molar-refractivity contribution is 7.16. The fraction of sp³-hybridized carbons (Fsp3) is 0.360. The van der Waals surface area contributed by atoms with Gasteiger partial charge in [0.25, 0.3) is 0 Å². The number of aromatic nitrogens is 1. The molecule has 5 nitrogen and oxygen atoms in total. The van der Waals surface area contributed by atoms with E-state index in [2.05, 4.69) is 77.1 Å². The number of hydrogen-bond donors (Lipinski definition) is 2. The van der Waals surface area contributed by atoms with E-state index in [1.54, 1.807) is 11.3 Å². The Labute approximate surface area is 188 Å². The summed E-state index contributed by atoms with van der Waals surface area (Å²) in [6, 6.07) is 19.7. The van der Waals surface area contributed by atoms with E-state index < -0.39 is 0 Å². The molecule has 0 spiro atoms. The standard InChI is InChI=1S/C25H29N5S/c1-18-28-23-24(27-16-20-10-5-6-11-22(20)29-25(23)31-18)30-15-7-14-26-21(17-30)13-12-19-8-3-2-4-9-19/h2-6,8-11,21,26,29H,7,12-17H2,1H3. The molecular formula is C25H29N5S. The normalized spacial score (nSPS) is 18.7. The topological polar surface area (TPSA) is 52.6 Å². The lowest BCUT2D eigenvalue weighted by molar-refractivity contribution is 0.382. The van der Waals surface area contributed by atoms with Gasteiger partial charge in [-0.3, -0.25) is 4.99 Å². The van der Waals surface area contributed by atoms with E-state index in [1.165, 1.54) is 11.1 Å². The summed E-state index contributed by atoms with van der Waals surface area (Å²) in [6.45, 7) is 5.77. The molecule has 0 bridgehead atoms. The summed E-state index contributed by atoms with van der Waals surface area (Å²) in [5, 5.41) is 9.57. The van der Waals surface area contributed by atoms with Gasteiger partial charge in [0.1, 0.15) is 10.7 Å². The summed E-state index contributed by atoms with van der Waals surface area (Å²) in [4.78, 5) is 12.5. The number of aliphatic imine (C=N–C) groups is 1. The first kappa shape index (κ1) is 20.2. The lowest BCUT2D eigenvalue weighted by Gasteiger charge is -2.28. The number of para-hydroxylation sites is 1. The molecule has 3 aromatic rings. The molecule has 1 aromatic heterocycles. The second-order valence-electron chi connectivity index (χ2n) is 8.31. The molecule has 2 aliphatic heterocycles. The number of benzene rings is 2. The Morgan fingerprint density at radius 3 is 2.84 bits per heavy atom. The Bertz CT molecular complexity index is 1060. The van der Waals surface area contributed by atoms with Gasteiger partial charge in [-0.1, -0.05) is 48.5 Å². The summed E-state index contributed by atoms with van der Waals surface area (Å²) < 4.78 is 0. The van der Waals surface area contributed by atoms with Crippen molar-refractivity contribution >= 4 is 27.9 Å². The molecule has 0 amide bonds. The zero-order valence-corrected chi connectivity index (χ0v) is 18.8. The second-order valence-corrected chi connectivity index (χ2v) is 9.51. The molecule has 0 aliphatic carbocycles. The Hall–Kier alpha value is -2.70. The van der Waals surface area contributed by atoms with Crippen LogP contribution in [-0.2, 0) is 13.0 Å². The van der Waals surface area contributed by atoms with E-state index in [1.807, 2.05) is 0 Å². The van der Waals surface area contributed by atoms with Crippen LogP contribution in [0.4, 0.5) is 10.7 Å². The number of hydrogen-bond acceptors (Lipinski definition) is 6. The monoisotopic (exact) mass is 431 g/mol. The molecule has 1 fully saturated rings. The summed E-state index contributed by atoms with van der Waals surface area (Å²) >= 11 is 1.71. The molecule has 31 heavy (non-hydrogen) atoms. The van der Waals surface area contributed by atoms with E-state index in [9.17, 15) is 0 Å². The number of aryl methyl sites for hydroxylation is 2. The van der Waals surface area contributed by atoms with Gasteiger partial charge in [-0.2, -0.15) is 0 Å². The maximum Gasteiger partial charge on any atom is 0.153 e. The number of nitrogens with one attached hydrogen (secondary N) is 2. The summed E-state index contributed by atoms with van der Waals surface area (Å²) in [6.07, 6.45) is 3.33. The number of thiazole rings is 1. The quantitative estimate of drug-likeness (QED) is 0.628. The van der Waals surface area contributed by atoms with Crippen molar-refractivity contribution in [1.29, 1.82) is 0 Å². The molecule has 2 aromatic carbocycles. The van der Waals surface area contributed by atoms with Gasteiger partial charge in [-0.15, -0.1) is 11.3 Å². The van der Waals surface area contributed by atoms with Crippen molar-refractivity contribution in [3.63, 3.8) is 0 Å². The van der Waals surface area contributed by atoms with Gasteiger partial charge in [0.2, 0.25) is 0 Å². The van der Waals surface area contributed by atoms with E-state index in [0.717, 1.165) is 66.1 Å². The van der Waals surface area contributed by atoms with Gasteiger partial charge in [0.05, 0.1) is 11.6 Å². The predicted octanol–water partition coefficient (Wildman–Crippen LogP) is 4.75. The third kappa shape index (κ3) is 4.65. The predicted molar refractivity (Wildman–Crippen MR) is 130 cm³/mol. The molecule has 3 heterocycles. The maximum absolute atomic E-state index is 5.12. The minimum absolute atomic E-state index is 0.444. The largest absolute Gasteiger partial charge is 0.353 e. The maximum atomic E-state index is 5.12. The van der Waals surface area contributed by atoms with Gasteiger partial charge in [0.15, 0.2) is 5.84 Å². The van der Waals surface area contributed by atoms with E-state index in [-0.39, 0.29) is 0 Å². The van der Waals surface area contributed by atoms with E-state index >= 15 is 0 Å². The fourth-order valence-electron chi connectivity index (χ4n) is 4.42. The molecule has 6 heteroatoms. The number of rotatable bonds is 3. The average Bonchev–Trinajstić information content (AvgIpc) is 2.98. The van der Waals surface area contributed by atoms with Crippen LogP contribution < -0.4 is 10.6 Å². The minimum Gasteiger partial charge on any atom is -0.353 e. The Kier molecular flexibility index (Phi) is 6.00. The molecule has 160 valence electrons. The zero-order chi connectivity index (χ0) is 21.0. The van der Waals surface area contributed by atoms with Crippen LogP contribution in [0.1, 0.15) is 34.7 Å². The molecule has 5 rings (SSSR count). The first-order chi connectivity index (χ1) is 15.3. The van der Waals surface area contributed by atoms with E-state index in [0.29, 0.717) is 12.6 Å². The van der Waals surface area contributed by atoms with Crippen LogP contribution in [0.25, 0.3) is 0 Å². The van der Waals surface area contributed by atoms with Crippen LogP contribution in [0.5, 0.6) is 0 Å². The smallest absolute Gasteiger partial charge is 0.153 e. The first-order valence-corrected chi connectivity index (χ1v) is 12.0. The molecule has 0 radical (unpaired) electrons. The lowest BCUT2D eigenvalue weighted by Crippen LogP contribution is -2.41. The molecule has 2 N–H and O–H groups in total. The van der Waals surface area contributed by atoms with Crippen molar-refractivity contribution in [2.75, 3.05) is 25.0 Å².